The number of hydrogen-bond acceptors (Lipinski definition) is 3. The van der Waals surface area contributed by atoms with Crippen molar-refractivity contribution in [1.82, 2.24) is 10.3 Å². The van der Waals surface area contributed by atoms with E-state index in [0.717, 1.165) is 11.3 Å². The lowest BCUT2D eigenvalue weighted by molar-refractivity contribution is -0.116. The van der Waals surface area contributed by atoms with Gasteiger partial charge in [0.25, 0.3) is 0 Å². The standard InChI is InChI=1S/C19H18N2O2/c1-16-9-11-18(15-21-16)23-14-6-5-13-20-19(22)12-10-17-7-3-2-4-8-17/h2-4,7-12,15H,13-14H2,1H3,(H,20,22)/b12-10+. The summed E-state index contributed by atoms with van der Waals surface area (Å²) in [5, 5.41) is 2.69. The van der Waals surface area contributed by atoms with E-state index in [2.05, 4.69) is 22.1 Å². The summed E-state index contributed by atoms with van der Waals surface area (Å²) in [6, 6.07) is 13.4. The summed E-state index contributed by atoms with van der Waals surface area (Å²) < 4.78 is 5.41. The van der Waals surface area contributed by atoms with Crippen molar-refractivity contribution in [2.75, 3.05) is 13.2 Å². The SMILES string of the molecule is Cc1ccc(OCC#CCNC(=O)/C=C/c2ccccc2)cn1. The van der Waals surface area contributed by atoms with Gasteiger partial charge in [0.05, 0.1) is 12.7 Å². The van der Waals surface area contributed by atoms with Gasteiger partial charge in [0.2, 0.25) is 5.91 Å². The van der Waals surface area contributed by atoms with E-state index in [1.807, 2.05) is 49.4 Å². The highest BCUT2D eigenvalue weighted by atomic mass is 16.5. The van der Waals surface area contributed by atoms with E-state index in [9.17, 15) is 4.79 Å². The molecule has 0 atom stereocenters. The molecule has 1 heterocycles. The molecule has 4 nitrogen and oxygen atoms in total. The lowest BCUT2D eigenvalue weighted by atomic mass is 10.2. The van der Waals surface area contributed by atoms with Crippen molar-refractivity contribution >= 4 is 12.0 Å². The van der Waals surface area contributed by atoms with Crippen molar-refractivity contribution in [2.45, 2.75) is 6.92 Å². The Morgan fingerprint density at radius 3 is 2.78 bits per heavy atom. The molecular weight excluding hydrogens is 288 g/mol. The molecule has 1 N–H and O–H groups in total. The Hall–Kier alpha value is -3.06. The van der Waals surface area contributed by atoms with Crippen LogP contribution in [0.15, 0.2) is 54.7 Å². The number of nitrogens with zero attached hydrogens (tertiary/aromatic N) is 1. The second-order valence-corrected chi connectivity index (χ2v) is 4.74. The molecule has 0 aliphatic heterocycles. The van der Waals surface area contributed by atoms with Gasteiger partial charge in [-0.2, -0.15) is 0 Å². The highest BCUT2D eigenvalue weighted by molar-refractivity contribution is 5.91. The Bertz CT molecular complexity index is 711. The van der Waals surface area contributed by atoms with E-state index in [1.165, 1.54) is 6.08 Å². The average molecular weight is 306 g/mol. The third-order valence-corrected chi connectivity index (χ3v) is 2.90. The average Bonchev–Trinajstić information content (AvgIpc) is 2.58. The number of pyridine rings is 1. The minimum absolute atomic E-state index is 0.174. The van der Waals surface area contributed by atoms with Crippen LogP contribution < -0.4 is 10.1 Å². The quantitative estimate of drug-likeness (QED) is 0.682. The number of rotatable bonds is 5. The molecule has 0 fully saturated rings. The normalized spacial score (nSPS) is 9.96. The van der Waals surface area contributed by atoms with Gasteiger partial charge in [-0.3, -0.25) is 9.78 Å². The summed E-state index contributed by atoms with van der Waals surface area (Å²) in [7, 11) is 0. The third kappa shape index (κ3) is 6.49. The first-order valence-corrected chi connectivity index (χ1v) is 7.26. The first kappa shape index (κ1) is 16.3. The number of ether oxygens (including phenoxy) is 1. The van der Waals surface area contributed by atoms with Crippen molar-refractivity contribution in [3.63, 3.8) is 0 Å². The summed E-state index contributed by atoms with van der Waals surface area (Å²) in [4.78, 5) is 15.7. The number of nitrogens with one attached hydrogen (secondary N) is 1. The molecule has 23 heavy (non-hydrogen) atoms. The van der Waals surface area contributed by atoms with Crippen LogP contribution in [-0.2, 0) is 4.79 Å². The van der Waals surface area contributed by atoms with Crippen LogP contribution in [0.2, 0.25) is 0 Å². The molecule has 0 spiro atoms. The van der Waals surface area contributed by atoms with Crippen LogP contribution in [0.4, 0.5) is 0 Å². The fraction of sp³-hybridized carbons (Fsp3) is 0.158. The molecule has 1 aromatic heterocycles. The molecule has 2 rings (SSSR count). The number of carbonyl (C=O) groups excluding carboxylic acids is 1. The van der Waals surface area contributed by atoms with Crippen molar-refractivity contribution in [3.05, 3.63) is 66.0 Å². The van der Waals surface area contributed by atoms with Gasteiger partial charge in [0.15, 0.2) is 0 Å². The molecule has 0 radical (unpaired) electrons. The van der Waals surface area contributed by atoms with Crippen LogP contribution in [0.5, 0.6) is 5.75 Å². The van der Waals surface area contributed by atoms with Gasteiger partial charge in [-0.05, 0) is 30.7 Å². The van der Waals surface area contributed by atoms with Gasteiger partial charge < -0.3 is 10.1 Å². The highest BCUT2D eigenvalue weighted by Crippen LogP contribution is 2.07. The molecule has 0 aliphatic rings. The molecule has 0 aliphatic carbocycles. The molecule has 116 valence electrons. The third-order valence-electron chi connectivity index (χ3n) is 2.90. The van der Waals surface area contributed by atoms with E-state index in [1.54, 1.807) is 12.3 Å². The van der Waals surface area contributed by atoms with E-state index >= 15 is 0 Å². The van der Waals surface area contributed by atoms with Gasteiger partial charge in [-0.1, -0.05) is 42.2 Å². The van der Waals surface area contributed by atoms with E-state index in [-0.39, 0.29) is 19.1 Å². The Kier molecular flexibility index (Phi) is 6.43. The van der Waals surface area contributed by atoms with Gasteiger partial charge in [0.1, 0.15) is 12.4 Å². The number of amides is 1. The van der Waals surface area contributed by atoms with E-state index in [4.69, 9.17) is 4.74 Å². The summed E-state index contributed by atoms with van der Waals surface area (Å²) in [5.74, 6) is 6.18. The number of carbonyl (C=O) groups is 1. The fourth-order valence-electron chi connectivity index (χ4n) is 1.70. The Morgan fingerprint density at radius 1 is 1.22 bits per heavy atom. The minimum atomic E-state index is -0.174. The Morgan fingerprint density at radius 2 is 2.04 bits per heavy atom. The highest BCUT2D eigenvalue weighted by Gasteiger charge is 1.93. The van der Waals surface area contributed by atoms with Crippen LogP contribution in [0.1, 0.15) is 11.3 Å². The van der Waals surface area contributed by atoms with Crippen molar-refractivity contribution in [2.24, 2.45) is 0 Å². The molecule has 4 heteroatoms. The molecule has 2 aromatic rings. The summed E-state index contributed by atoms with van der Waals surface area (Å²) in [6.07, 6.45) is 4.91. The number of aromatic nitrogens is 1. The maximum absolute atomic E-state index is 11.6. The first-order valence-electron chi connectivity index (χ1n) is 7.26. The van der Waals surface area contributed by atoms with Gasteiger partial charge in [-0.25, -0.2) is 0 Å². The zero-order chi connectivity index (χ0) is 16.3. The lowest BCUT2D eigenvalue weighted by Crippen LogP contribution is -2.21. The smallest absolute Gasteiger partial charge is 0.244 e. The predicted octanol–water partition coefficient (Wildman–Crippen LogP) is 2.60. The fourth-order valence-corrected chi connectivity index (χ4v) is 1.70. The molecule has 1 amide bonds. The van der Waals surface area contributed by atoms with Gasteiger partial charge in [0, 0.05) is 11.8 Å². The van der Waals surface area contributed by atoms with E-state index < -0.39 is 0 Å². The molecule has 0 bridgehead atoms. The van der Waals surface area contributed by atoms with Crippen LogP contribution >= 0.6 is 0 Å². The van der Waals surface area contributed by atoms with Crippen LogP contribution in [0.25, 0.3) is 6.08 Å². The maximum atomic E-state index is 11.6. The predicted molar refractivity (Wildman–Crippen MR) is 90.7 cm³/mol. The van der Waals surface area contributed by atoms with Crippen molar-refractivity contribution in [1.29, 1.82) is 0 Å². The lowest BCUT2D eigenvalue weighted by Gasteiger charge is -2.00. The summed E-state index contributed by atoms with van der Waals surface area (Å²) >= 11 is 0. The summed E-state index contributed by atoms with van der Waals surface area (Å²) in [6.45, 7) is 2.46. The topological polar surface area (TPSA) is 51.2 Å². The second kappa shape index (κ2) is 9.06. The van der Waals surface area contributed by atoms with E-state index in [0.29, 0.717) is 5.75 Å². The number of hydrogen-bond donors (Lipinski definition) is 1. The van der Waals surface area contributed by atoms with Crippen molar-refractivity contribution in [3.8, 4) is 17.6 Å². The van der Waals surface area contributed by atoms with Crippen LogP contribution in [0.3, 0.4) is 0 Å². The Balaban J connectivity index is 1.66. The maximum Gasteiger partial charge on any atom is 0.244 e. The van der Waals surface area contributed by atoms with Crippen molar-refractivity contribution < 1.29 is 9.53 Å². The molecule has 0 saturated heterocycles. The number of benzene rings is 1. The first-order chi connectivity index (χ1) is 11.2. The second-order valence-electron chi connectivity index (χ2n) is 4.74. The molecular formula is C19H18N2O2. The zero-order valence-electron chi connectivity index (χ0n) is 13.0. The number of aryl methyl sites for hydroxylation is 1. The van der Waals surface area contributed by atoms with Gasteiger partial charge in [-0.15, -0.1) is 0 Å². The zero-order valence-corrected chi connectivity index (χ0v) is 13.0. The minimum Gasteiger partial charge on any atom is -0.479 e. The van der Waals surface area contributed by atoms with Gasteiger partial charge >= 0.3 is 0 Å². The molecule has 1 aromatic carbocycles. The summed E-state index contributed by atoms with van der Waals surface area (Å²) in [5.41, 5.74) is 1.92. The van der Waals surface area contributed by atoms with Crippen LogP contribution in [0, 0.1) is 18.8 Å². The molecule has 0 unspecified atom stereocenters. The largest absolute Gasteiger partial charge is 0.479 e. The molecule has 0 saturated carbocycles. The monoisotopic (exact) mass is 306 g/mol. The Labute approximate surface area is 136 Å². The van der Waals surface area contributed by atoms with Crippen LogP contribution in [-0.4, -0.2) is 24.0 Å².